The van der Waals surface area contributed by atoms with Crippen molar-refractivity contribution in [2.24, 2.45) is 5.92 Å². The molecule has 1 aliphatic carbocycles. The molecule has 1 amide bonds. The van der Waals surface area contributed by atoms with E-state index in [1.54, 1.807) is 0 Å². The standard InChI is InChI=1S/C23H35N3O/c1-19-9-6-7-13-22(19)24-23(27)20(2)26-17-15-25(16-18-26)14-8-12-21-10-4-3-5-11-21/h3-5,8,10-12,19-20,22H,6-7,9,13-18H2,1-2H3,(H,24,27)/b12-8+/t19-,20+,22+/m0/s1. The van der Waals surface area contributed by atoms with Gasteiger partial charge in [-0.1, -0.05) is 62.2 Å². The van der Waals surface area contributed by atoms with Crippen LogP contribution in [0.3, 0.4) is 0 Å². The Labute approximate surface area is 164 Å². The summed E-state index contributed by atoms with van der Waals surface area (Å²) in [5.41, 5.74) is 1.25. The van der Waals surface area contributed by atoms with Crippen LogP contribution in [0.1, 0.15) is 45.1 Å². The minimum Gasteiger partial charge on any atom is -0.352 e. The highest BCUT2D eigenvalue weighted by molar-refractivity contribution is 5.81. The molecule has 2 fully saturated rings. The number of piperazine rings is 1. The molecule has 2 aliphatic rings. The summed E-state index contributed by atoms with van der Waals surface area (Å²) in [5.74, 6) is 0.828. The van der Waals surface area contributed by atoms with Crippen molar-refractivity contribution in [3.05, 3.63) is 42.0 Å². The first-order chi connectivity index (χ1) is 13.1. The number of carbonyl (C=O) groups excluding carboxylic acids is 1. The van der Waals surface area contributed by atoms with Crippen LogP contribution in [0, 0.1) is 5.92 Å². The minimum atomic E-state index is -0.0267. The largest absolute Gasteiger partial charge is 0.352 e. The fourth-order valence-corrected chi connectivity index (χ4v) is 4.24. The first kappa shape index (κ1) is 20.1. The third-order valence-corrected chi connectivity index (χ3v) is 6.25. The van der Waals surface area contributed by atoms with Crippen LogP contribution in [-0.2, 0) is 4.79 Å². The van der Waals surface area contributed by atoms with E-state index in [4.69, 9.17) is 0 Å². The zero-order chi connectivity index (χ0) is 19.1. The molecule has 1 saturated heterocycles. The topological polar surface area (TPSA) is 35.6 Å². The molecule has 148 valence electrons. The summed E-state index contributed by atoms with van der Waals surface area (Å²) in [6.45, 7) is 9.29. The molecule has 0 radical (unpaired) electrons. The SMILES string of the molecule is C[C@H](C(=O)N[C@@H]1CCCC[C@@H]1C)N1CCN(C/C=C/c2ccccc2)CC1. The molecule has 1 heterocycles. The first-order valence-corrected chi connectivity index (χ1v) is 10.6. The Bertz CT molecular complexity index is 607. The fourth-order valence-electron chi connectivity index (χ4n) is 4.24. The third-order valence-electron chi connectivity index (χ3n) is 6.25. The molecule has 1 N–H and O–H groups in total. The Kier molecular flexibility index (Phi) is 7.48. The highest BCUT2D eigenvalue weighted by Crippen LogP contribution is 2.24. The first-order valence-electron chi connectivity index (χ1n) is 10.6. The molecule has 1 aromatic rings. The molecule has 4 nitrogen and oxygen atoms in total. The Morgan fingerprint density at radius 3 is 2.56 bits per heavy atom. The van der Waals surface area contributed by atoms with Crippen molar-refractivity contribution < 1.29 is 4.79 Å². The molecular formula is C23H35N3O. The van der Waals surface area contributed by atoms with Gasteiger partial charge in [0.25, 0.3) is 0 Å². The van der Waals surface area contributed by atoms with E-state index in [-0.39, 0.29) is 11.9 Å². The predicted octanol–water partition coefficient (Wildman–Crippen LogP) is 3.40. The van der Waals surface area contributed by atoms with Crippen LogP contribution in [0.15, 0.2) is 36.4 Å². The summed E-state index contributed by atoms with van der Waals surface area (Å²) in [6.07, 6.45) is 9.37. The van der Waals surface area contributed by atoms with Crippen molar-refractivity contribution in [1.29, 1.82) is 0 Å². The molecule has 0 unspecified atom stereocenters. The van der Waals surface area contributed by atoms with E-state index in [1.807, 2.05) is 6.07 Å². The molecule has 0 bridgehead atoms. The van der Waals surface area contributed by atoms with E-state index in [0.29, 0.717) is 12.0 Å². The lowest BCUT2D eigenvalue weighted by atomic mass is 9.86. The van der Waals surface area contributed by atoms with E-state index >= 15 is 0 Å². The van der Waals surface area contributed by atoms with Gasteiger partial charge in [0.15, 0.2) is 0 Å². The fraction of sp³-hybridized carbons (Fsp3) is 0.609. The van der Waals surface area contributed by atoms with Crippen LogP contribution < -0.4 is 5.32 Å². The number of carbonyl (C=O) groups is 1. The van der Waals surface area contributed by atoms with E-state index in [0.717, 1.165) is 39.1 Å². The van der Waals surface area contributed by atoms with Crippen molar-refractivity contribution in [3.8, 4) is 0 Å². The van der Waals surface area contributed by atoms with Crippen molar-refractivity contribution >= 4 is 12.0 Å². The Balaban J connectivity index is 1.40. The van der Waals surface area contributed by atoms with Gasteiger partial charge in [-0.2, -0.15) is 0 Å². The lowest BCUT2D eigenvalue weighted by molar-refractivity contribution is -0.127. The number of hydrogen-bond donors (Lipinski definition) is 1. The minimum absolute atomic E-state index is 0.0267. The normalized spacial score (nSPS) is 26.1. The summed E-state index contributed by atoms with van der Waals surface area (Å²) in [7, 11) is 0. The van der Waals surface area contributed by atoms with Gasteiger partial charge >= 0.3 is 0 Å². The van der Waals surface area contributed by atoms with E-state index < -0.39 is 0 Å². The summed E-state index contributed by atoms with van der Waals surface area (Å²) < 4.78 is 0. The smallest absolute Gasteiger partial charge is 0.237 e. The van der Waals surface area contributed by atoms with Crippen LogP contribution in [0.25, 0.3) is 6.08 Å². The van der Waals surface area contributed by atoms with Gasteiger partial charge < -0.3 is 5.32 Å². The molecule has 0 spiro atoms. The molecule has 0 aromatic heterocycles. The van der Waals surface area contributed by atoms with Gasteiger partial charge in [0.1, 0.15) is 0 Å². The zero-order valence-corrected chi connectivity index (χ0v) is 16.9. The monoisotopic (exact) mass is 369 g/mol. The molecule has 4 heteroatoms. The van der Waals surface area contributed by atoms with E-state index in [2.05, 4.69) is 65.4 Å². The molecular weight excluding hydrogens is 334 g/mol. The van der Waals surface area contributed by atoms with Crippen molar-refractivity contribution in [2.45, 2.75) is 51.6 Å². The van der Waals surface area contributed by atoms with Gasteiger partial charge in [-0.3, -0.25) is 14.6 Å². The Morgan fingerprint density at radius 1 is 1.15 bits per heavy atom. The number of rotatable bonds is 6. The zero-order valence-electron chi connectivity index (χ0n) is 16.9. The summed E-state index contributed by atoms with van der Waals surface area (Å²) in [5, 5.41) is 3.32. The van der Waals surface area contributed by atoms with Gasteiger partial charge in [-0.15, -0.1) is 0 Å². The maximum Gasteiger partial charge on any atom is 0.237 e. The number of amides is 1. The lowest BCUT2D eigenvalue weighted by Gasteiger charge is -2.38. The molecule has 1 aromatic carbocycles. The quantitative estimate of drug-likeness (QED) is 0.835. The molecule has 3 rings (SSSR count). The highest BCUT2D eigenvalue weighted by atomic mass is 16.2. The number of nitrogens with zero attached hydrogens (tertiary/aromatic N) is 2. The van der Waals surface area contributed by atoms with Crippen LogP contribution >= 0.6 is 0 Å². The molecule has 3 atom stereocenters. The molecule has 27 heavy (non-hydrogen) atoms. The van der Waals surface area contributed by atoms with Crippen LogP contribution in [0.2, 0.25) is 0 Å². The number of benzene rings is 1. The van der Waals surface area contributed by atoms with Crippen molar-refractivity contribution in [2.75, 3.05) is 32.7 Å². The van der Waals surface area contributed by atoms with Gasteiger partial charge in [-0.05, 0) is 31.2 Å². The highest BCUT2D eigenvalue weighted by Gasteiger charge is 2.29. The molecule has 1 saturated carbocycles. The second kappa shape index (κ2) is 10.0. The summed E-state index contributed by atoms with van der Waals surface area (Å²) in [4.78, 5) is 17.5. The Morgan fingerprint density at radius 2 is 1.85 bits per heavy atom. The van der Waals surface area contributed by atoms with Gasteiger partial charge in [0.2, 0.25) is 5.91 Å². The van der Waals surface area contributed by atoms with E-state index in [1.165, 1.54) is 24.8 Å². The molecule has 1 aliphatic heterocycles. The lowest BCUT2D eigenvalue weighted by Crippen LogP contribution is -2.55. The van der Waals surface area contributed by atoms with Crippen molar-refractivity contribution in [1.82, 2.24) is 15.1 Å². The van der Waals surface area contributed by atoms with Gasteiger partial charge in [0, 0.05) is 38.8 Å². The second-order valence-corrected chi connectivity index (χ2v) is 8.20. The van der Waals surface area contributed by atoms with Crippen molar-refractivity contribution in [3.63, 3.8) is 0 Å². The number of hydrogen-bond acceptors (Lipinski definition) is 3. The Hall–Kier alpha value is -1.65. The number of nitrogens with one attached hydrogen (secondary N) is 1. The van der Waals surface area contributed by atoms with Crippen LogP contribution in [-0.4, -0.2) is 60.5 Å². The second-order valence-electron chi connectivity index (χ2n) is 8.20. The maximum atomic E-state index is 12.7. The van der Waals surface area contributed by atoms with Crippen LogP contribution in [0.4, 0.5) is 0 Å². The summed E-state index contributed by atoms with van der Waals surface area (Å²) in [6, 6.07) is 10.8. The average molecular weight is 370 g/mol. The third kappa shape index (κ3) is 5.91. The van der Waals surface area contributed by atoms with Gasteiger partial charge in [-0.25, -0.2) is 0 Å². The maximum absolute atomic E-state index is 12.7. The van der Waals surface area contributed by atoms with Gasteiger partial charge in [0.05, 0.1) is 6.04 Å². The van der Waals surface area contributed by atoms with Crippen LogP contribution in [0.5, 0.6) is 0 Å². The van der Waals surface area contributed by atoms with E-state index in [9.17, 15) is 4.79 Å². The predicted molar refractivity (Wildman–Crippen MR) is 113 cm³/mol. The summed E-state index contributed by atoms with van der Waals surface area (Å²) >= 11 is 0. The average Bonchev–Trinajstić information content (AvgIpc) is 2.70.